The highest BCUT2D eigenvalue weighted by atomic mass is 16.3. The van der Waals surface area contributed by atoms with Gasteiger partial charge in [0, 0.05) is 19.6 Å². The molecule has 0 radical (unpaired) electrons. The summed E-state index contributed by atoms with van der Waals surface area (Å²) in [5.41, 5.74) is 3.39. The summed E-state index contributed by atoms with van der Waals surface area (Å²) in [6, 6.07) is 19.9. The van der Waals surface area contributed by atoms with Gasteiger partial charge in [-0.2, -0.15) is 0 Å². The summed E-state index contributed by atoms with van der Waals surface area (Å²) in [6.45, 7) is 11.2. The Morgan fingerprint density at radius 3 is 2.38 bits per heavy atom. The van der Waals surface area contributed by atoms with Crippen molar-refractivity contribution in [1.29, 1.82) is 0 Å². The first-order valence-electron chi connectivity index (χ1n) is 11.6. The average molecular weight is 434 g/mol. The van der Waals surface area contributed by atoms with Crippen molar-refractivity contribution in [3.63, 3.8) is 0 Å². The van der Waals surface area contributed by atoms with E-state index in [9.17, 15) is 9.90 Å². The molecule has 2 fully saturated rings. The second-order valence-corrected chi connectivity index (χ2v) is 9.42. The Morgan fingerprint density at radius 2 is 1.78 bits per heavy atom. The van der Waals surface area contributed by atoms with Crippen molar-refractivity contribution in [2.45, 2.75) is 63.5 Å². The van der Waals surface area contributed by atoms with Gasteiger partial charge in [0.2, 0.25) is 5.91 Å². The standard InChI is InChI=1S/C27H35N3O2/c1-20(2)25-27(15-10-16-29(27)18-23-13-8-5-9-14-23)19-30(25)24(21(3)31)26(32)28-17-22-11-6-4-7-12-22/h4-9,11-14,21,24-25,31H,1,10,15-19H2,2-3H3,(H,28,32)/t21-,24+,25?,27?/m1/s1. The topological polar surface area (TPSA) is 55.8 Å². The van der Waals surface area contributed by atoms with Crippen LogP contribution in [0.4, 0.5) is 0 Å². The zero-order valence-corrected chi connectivity index (χ0v) is 19.2. The predicted octanol–water partition coefficient (Wildman–Crippen LogP) is 3.35. The largest absolute Gasteiger partial charge is 0.391 e. The number of benzene rings is 2. The first kappa shape index (κ1) is 22.7. The molecule has 5 heteroatoms. The molecule has 170 valence electrons. The number of carbonyl (C=O) groups is 1. The molecule has 2 aliphatic rings. The van der Waals surface area contributed by atoms with E-state index in [2.05, 4.69) is 52.9 Å². The molecule has 4 rings (SSSR count). The normalized spacial score (nSPS) is 25.3. The minimum Gasteiger partial charge on any atom is -0.391 e. The lowest BCUT2D eigenvalue weighted by atomic mass is 9.72. The van der Waals surface area contributed by atoms with Gasteiger partial charge in [0.05, 0.1) is 17.7 Å². The minimum absolute atomic E-state index is 0.0193. The van der Waals surface area contributed by atoms with E-state index < -0.39 is 12.1 Å². The van der Waals surface area contributed by atoms with E-state index in [1.165, 1.54) is 5.56 Å². The van der Waals surface area contributed by atoms with Crippen LogP contribution in [0.15, 0.2) is 72.8 Å². The van der Waals surface area contributed by atoms with E-state index in [4.69, 9.17) is 0 Å². The Labute approximate surface area is 191 Å². The SMILES string of the molecule is C=C(C)C1N([C@H](C(=O)NCc2ccccc2)[C@@H](C)O)CC12CCCN2Cc1ccccc1. The number of amides is 1. The Kier molecular flexibility index (Phi) is 6.79. The van der Waals surface area contributed by atoms with Crippen LogP contribution in [-0.2, 0) is 17.9 Å². The van der Waals surface area contributed by atoms with Crippen molar-refractivity contribution in [2.75, 3.05) is 13.1 Å². The summed E-state index contributed by atoms with van der Waals surface area (Å²) >= 11 is 0. The number of nitrogens with zero attached hydrogens (tertiary/aromatic N) is 2. The predicted molar refractivity (Wildman–Crippen MR) is 128 cm³/mol. The van der Waals surface area contributed by atoms with Crippen molar-refractivity contribution in [3.05, 3.63) is 83.9 Å². The van der Waals surface area contributed by atoms with E-state index in [0.717, 1.165) is 43.6 Å². The van der Waals surface area contributed by atoms with Gasteiger partial charge in [-0.25, -0.2) is 0 Å². The third-order valence-corrected chi connectivity index (χ3v) is 7.04. The van der Waals surface area contributed by atoms with Crippen molar-refractivity contribution in [3.8, 4) is 0 Å². The van der Waals surface area contributed by atoms with Gasteiger partial charge in [0.25, 0.3) is 0 Å². The average Bonchev–Trinajstić information content (AvgIpc) is 3.17. The van der Waals surface area contributed by atoms with Gasteiger partial charge in [-0.15, -0.1) is 0 Å². The van der Waals surface area contributed by atoms with E-state index in [-0.39, 0.29) is 17.5 Å². The Hall–Kier alpha value is -2.47. The van der Waals surface area contributed by atoms with Crippen molar-refractivity contribution >= 4 is 5.91 Å². The minimum atomic E-state index is -0.769. The quantitative estimate of drug-likeness (QED) is 0.627. The number of likely N-dealkylation sites (tertiary alicyclic amines) is 2. The Balaban J connectivity index is 1.50. The van der Waals surface area contributed by atoms with E-state index in [0.29, 0.717) is 6.54 Å². The summed E-state index contributed by atoms with van der Waals surface area (Å²) in [6.07, 6.45) is 1.46. The molecule has 0 saturated carbocycles. The highest BCUT2D eigenvalue weighted by Gasteiger charge is 2.60. The molecule has 2 heterocycles. The molecule has 1 spiro atoms. The van der Waals surface area contributed by atoms with Crippen LogP contribution in [-0.4, -0.2) is 57.6 Å². The number of nitrogens with one attached hydrogen (secondary N) is 1. The lowest BCUT2D eigenvalue weighted by molar-refractivity contribution is -0.150. The van der Waals surface area contributed by atoms with Crippen LogP contribution < -0.4 is 5.32 Å². The van der Waals surface area contributed by atoms with Gasteiger partial charge in [-0.05, 0) is 44.4 Å². The molecule has 0 bridgehead atoms. The van der Waals surface area contributed by atoms with E-state index in [1.807, 2.05) is 36.4 Å². The van der Waals surface area contributed by atoms with Gasteiger partial charge >= 0.3 is 0 Å². The molecule has 2 aromatic carbocycles. The lowest BCUT2D eigenvalue weighted by Gasteiger charge is -2.62. The molecular weight excluding hydrogens is 398 g/mol. The van der Waals surface area contributed by atoms with Crippen LogP contribution in [0.3, 0.4) is 0 Å². The lowest BCUT2D eigenvalue weighted by Crippen LogP contribution is -2.78. The highest BCUT2D eigenvalue weighted by Crippen LogP contribution is 2.47. The molecule has 2 unspecified atom stereocenters. The smallest absolute Gasteiger partial charge is 0.240 e. The van der Waals surface area contributed by atoms with Crippen LogP contribution in [0.1, 0.15) is 37.8 Å². The van der Waals surface area contributed by atoms with Crippen LogP contribution in [0, 0.1) is 0 Å². The van der Waals surface area contributed by atoms with Crippen molar-refractivity contribution in [2.24, 2.45) is 0 Å². The van der Waals surface area contributed by atoms with E-state index in [1.54, 1.807) is 6.92 Å². The van der Waals surface area contributed by atoms with Crippen molar-refractivity contribution < 1.29 is 9.90 Å². The molecule has 5 nitrogen and oxygen atoms in total. The van der Waals surface area contributed by atoms with Crippen LogP contribution in [0.5, 0.6) is 0 Å². The summed E-state index contributed by atoms with van der Waals surface area (Å²) in [5.74, 6) is -0.127. The van der Waals surface area contributed by atoms with Gasteiger partial charge in [-0.1, -0.05) is 72.8 Å². The first-order chi connectivity index (χ1) is 15.4. The monoisotopic (exact) mass is 433 g/mol. The maximum atomic E-state index is 13.2. The van der Waals surface area contributed by atoms with Gasteiger partial charge < -0.3 is 10.4 Å². The van der Waals surface area contributed by atoms with Gasteiger partial charge in [0.1, 0.15) is 6.04 Å². The maximum Gasteiger partial charge on any atom is 0.240 e. The summed E-state index contributed by atoms with van der Waals surface area (Å²) in [5, 5.41) is 13.6. The van der Waals surface area contributed by atoms with Crippen molar-refractivity contribution in [1.82, 2.24) is 15.1 Å². The first-order valence-corrected chi connectivity index (χ1v) is 11.6. The molecule has 4 atom stereocenters. The number of hydrogen-bond acceptors (Lipinski definition) is 4. The van der Waals surface area contributed by atoms with Crippen LogP contribution in [0.25, 0.3) is 0 Å². The Morgan fingerprint density at radius 1 is 1.16 bits per heavy atom. The number of aliphatic hydroxyl groups excluding tert-OH is 1. The molecule has 2 aliphatic heterocycles. The molecule has 32 heavy (non-hydrogen) atoms. The number of hydrogen-bond donors (Lipinski definition) is 2. The van der Waals surface area contributed by atoms with Gasteiger partial charge in [0.15, 0.2) is 0 Å². The second kappa shape index (κ2) is 9.57. The zero-order valence-electron chi connectivity index (χ0n) is 19.2. The fraction of sp³-hybridized carbons (Fsp3) is 0.444. The molecule has 2 aromatic rings. The van der Waals surface area contributed by atoms with Crippen LogP contribution >= 0.6 is 0 Å². The summed E-state index contributed by atoms with van der Waals surface area (Å²) in [4.78, 5) is 17.9. The van der Waals surface area contributed by atoms with Gasteiger partial charge in [-0.3, -0.25) is 14.6 Å². The molecule has 0 aromatic heterocycles. The fourth-order valence-electron chi connectivity index (χ4n) is 5.71. The number of carbonyl (C=O) groups excluding carboxylic acids is 1. The van der Waals surface area contributed by atoms with E-state index >= 15 is 0 Å². The third kappa shape index (κ3) is 4.38. The molecule has 2 N–H and O–H groups in total. The fourth-order valence-corrected chi connectivity index (χ4v) is 5.71. The number of aliphatic hydroxyl groups is 1. The Bertz CT molecular complexity index is 930. The molecule has 2 saturated heterocycles. The maximum absolute atomic E-state index is 13.2. The second-order valence-electron chi connectivity index (χ2n) is 9.42. The molecule has 1 amide bonds. The van der Waals surface area contributed by atoms with Crippen LogP contribution in [0.2, 0.25) is 0 Å². The number of rotatable bonds is 8. The zero-order chi connectivity index (χ0) is 22.7. The summed E-state index contributed by atoms with van der Waals surface area (Å²) in [7, 11) is 0. The summed E-state index contributed by atoms with van der Waals surface area (Å²) < 4.78 is 0. The molecule has 0 aliphatic carbocycles. The molecular formula is C27H35N3O2. The third-order valence-electron chi connectivity index (χ3n) is 7.04. The highest BCUT2D eigenvalue weighted by molar-refractivity contribution is 5.82.